The molecule has 152 valence electrons. The van der Waals surface area contributed by atoms with Crippen LogP contribution >= 0.6 is 11.8 Å². The summed E-state index contributed by atoms with van der Waals surface area (Å²) >= 11 is 1.65. The molecular weight excluding hydrogens is 382 g/mol. The van der Waals surface area contributed by atoms with Gasteiger partial charge >= 0.3 is 5.97 Å². The van der Waals surface area contributed by atoms with E-state index in [2.05, 4.69) is 42.6 Å². The van der Waals surface area contributed by atoms with Gasteiger partial charge in [-0.2, -0.15) is 11.8 Å². The number of hydrogen-bond acceptors (Lipinski definition) is 4. The first kappa shape index (κ1) is 21.2. The summed E-state index contributed by atoms with van der Waals surface area (Å²) in [6.07, 6.45) is 2.57. The zero-order chi connectivity index (χ0) is 20.6. The number of nitrogens with one attached hydrogen (secondary N) is 1. The van der Waals surface area contributed by atoms with Gasteiger partial charge in [0.25, 0.3) is 0 Å². The number of carboxylic acid groups (broad SMARTS) is 1. The quantitative estimate of drug-likeness (QED) is 0.492. The number of carbonyl (C=O) groups is 1. The van der Waals surface area contributed by atoms with E-state index in [1.54, 1.807) is 11.8 Å². The molecule has 0 amide bonds. The Bertz CT molecular complexity index is 973. The third-order valence-corrected chi connectivity index (χ3v) is 5.72. The third-order valence-electron chi connectivity index (χ3n) is 5.08. The number of ether oxygens (including phenoxy) is 1. The van der Waals surface area contributed by atoms with Crippen LogP contribution in [0.1, 0.15) is 23.1 Å². The molecular formula is C24H27NO3S. The topological polar surface area (TPSA) is 58.6 Å². The third kappa shape index (κ3) is 5.52. The molecule has 0 aliphatic heterocycles. The van der Waals surface area contributed by atoms with Crippen molar-refractivity contribution in [2.24, 2.45) is 0 Å². The first-order valence-electron chi connectivity index (χ1n) is 9.73. The Hall–Kier alpha value is -2.50. The average Bonchev–Trinajstić information content (AvgIpc) is 2.73. The number of hydrogen-bond donors (Lipinski definition) is 2. The molecule has 1 atom stereocenters. The summed E-state index contributed by atoms with van der Waals surface area (Å²) in [5.41, 5.74) is 3.33. The first-order valence-corrected chi connectivity index (χ1v) is 11.1. The lowest BCUT2D eigenvalue weighted by Gasteiger charge is -2.18. The second kappa shape index (κ2) is 10.3. The SMILES string of the molecule is CSCCC(NCc1c(OCc2ccccc2C)ccc2ccccc12)C(=O)O. The van der Waals surface area contributed by atoms with Crippen LogP contribution in [0.4, 0.5) is 0 Å². The first-order chi connectivity index (χ1) is 14.1. The predicted molar refractivity (Wildman–Crippen MR) is 121 cm³/mol. The monoisotopic (exact) mass is 409 g/mol. The van der Waals surface area contributed by atoms with E-state index in [1.807, 2.05) is 36.6 Å². The number of aryl methyl sites for hydroxylation is 1. The normalized spacial score (nSPS) is 12.1. The Balaban J connectivity index is 1.85. The molecule has 4 nitrogen and oxygen atoms in total. The fourth-order valence-electron chi connectivity index (χ4n) is 3.33. The van der Waals surface area contributed by atoms with Crippen molar-refractivity contribution in [1.82, 2.24) is 5.32 Å². The zero-order valence-electron chi connectivity index (χ0n) is 16.9. The number of carboxylic acids is 1. The Kier molecular flexibility index (Phi) is 7.55. The van der Waals surface area contributed by atoms with Gasteiger partial charge < -0.3 is 15.2 Å². The van der Waals surface area contributed by atoms with Crippen LogP contribution in [0.2, 0.25) is 0 Å². The maximum absolute atomic E-state index is 11.6. The number of benzene rings is 3. The van der Waals surface area contributed by atoms with Gasteiger partial charge in [0.05, 0.1) is 0 Å². The van der Waals surface area contributed by atoms with Gasteiger partial charge in [0.15, 0.2) is 0 Å². The van der Waals surface area contributed by atoms with E-state index in [-0.39, 0.29) is 0 Å². The molecule has 0 heterocycles. The second-order valence-corrected chi connectivity index (χ2v) is 8.02. The molecule has 5 heteroatoms. The maximum atomic E-state index is 11.6. The van der Waals surface area contributed by atoms with E-state index in [9.17, 15) is 9.90 Å². The van der Waals surface area contributed by atoms with Crippen LogP contribution in [-0.2, 0) is 17.9 Å². The molecule has 0 bridgehead atoms. The molecule has 2 N–H and O–H groups in total. The van der Waals surface area contributed by atoms with Crippen molar-refractivity contribution >= 4 is 28.5 Å². The Morgan fingerprint density at radius 1 is 1.10 bits per heavy atom. The van der Waals surface area contributed by atoms with Crippen LogP contribution in [-0.4, -0.2) is 29.1 Å². The van der Waals surface area contributed by atoms with Crippen LogP contribution < -0.4 is 10.1 Å². The van der Waals surface area contributed by atoms with Crippen LogP contribution in [0.25, 0.3) is 10.8 Å². The van der Waals surface area contributed by atoms with Gasteiger partial charge in [0.1, 0.15) is 18.4 Å². The van der Waals surface area contributed by atoms with Crippen molar-refractivity contribution in [2.45, 2.75) is 32.5 Å². The second-order valence-electron chi connectivity index (χ2n) is 7.03. The Morgan fingerprint density at radius 3 is 2.62 bits per heavy atom. The standard InChI is InChI=1S/C24H27NO3S/c1-17-7-3-4-9-19(17)16-28-23-12-11-18-8-5-6-10-20(18)21(23)15-25-22(24(26)27)13-14-29-2/h3-12,22,25H,13-16H2,1-2H3,(H,26,27). The van der Waals surface area contributed by atoms with Crippen molar-refractivity contribution < 1.29 is 14.6 Å². The van der Waals surface area contributed by atoms with Crippen LogP contribution in [0.15, 0.2) is 60.7 Å². The van der Waals surface area contributed by atoms with Crippen LogP contribution in [0, 0.1) is 6.92 Å². The van der Waals surface area contributed by atoms with Gasteiger partial charge in [-0.3, -0.25) is 4.79 Å². The molecule has 29 heavy (non-hydrogen) atoms. The average molecular weight is 410 g/mol. The highest BCUT2D eigenvalue weighted by molar-refractivity contribution is 7.98. The minimum absolute atomic E-state index is 0.440. The predicted octanol–water partition coefficient (Wildman–Crippen LogP) is 5.02. The molecule has 0 aromatic heterocycles. The van der Waals surface area contributed by atoms with E-state index in [0.717, 1.165) is 33.4 Å². The number of thioether (sulfide) groups is 1. The molecule has 0 saturated heterocycles. The van der Waals surface area contributed by atoms with Crippen molar-refractivity contribution in [1.29, 1.82) is 0 Å². The molecule has 0 fully saturated rings. The molecule has 1 unspecified atom stereocenters. The fourth-order valence-corrected chi connectivity index (χ4v) is 3.81. The van der Waals surface area contributed by atoms with Gasteiger partial charge in [-0.25, -0.2) is 0 Å². The summed E-state index contributed by atoms with van der Waals surface area (Å²) in [6.45, 7) is 2.99. The van der Waals surface area contributed by atoms with Crippen molar-refractivity contribution in [3.63, 3.8) is 0 Å². The lowest BCUT2D eigenvalue weighted by Crippen LogP contribution is -2.36. The summed E-state index contributed by atoms with van der Waals surface area (Å²) in [7, 11) is 0. The molecule has 0 spiro atoms. The highest BCUT2D eigenvalue weighted by Crippen LogP contribution is 2.29. The molecule has 0 aliphatic rings. The van der Waals surface area contributed by atoms with E-state index in [4.69, 9.17) is 4.74 Å². The molecule has 0 aliphatic carbocycles. The molecule has 3 aromatic rings. The lowest BCUT2D eigenvalue weighted by atomic mass is 10.0. The minimum atomic E-state index is -0.818. The van der Waals surface area contributed by atoms with E-state index in [1.165, 1.54) is 5.56 Å². The highest BCUT2D eigenvalue weighted by atomic mass is 32.2. The largest absolute Gasteiger partial charge is 0.489 e. The van der Waals surface area contributed by atoms with E-state index in [0.29, 0.717) is 19.6 Å². The highest BCUT2D eigenvalue weighted by Gasteiger charge is 2.18. The maximum Gasteiger partial charge on any atom is 0.320 e. The van der Waals surface area contributed by atoms with Gasteiger partial charge in [-0.15, -0.1) is 0 Å². The van der Waals surface area contributed by atoms with E-state index >= 15 is 0 Å². The fraction of sp³-hybridized carbons (Fsp3) is 0.292. The van der Waals surface area contributed by atoms with E-state index < -0.39 is 12.0 Å². The summed E-state index contributed by atoms with van der Waals surface area (Å²) in [5, 5.41) is 15.0. The number of rotatable bonds is 10. The van der Waals surface area contributed by atoms with Crippen molar-refractivity contribution in [2.75, 3.05) is 12.0 Å². The van der Waals surface area contributed by atoms with Crippen molar-refractivity contribution in [3.05, 3.63) is 77.4 Å². The number of fused-ring (bicyclic) bond motifs is 1. The van der Waals surface area contributed by atoms with Crippen LogP contribution in [0.3, 0.4) is 0 Å². The summed E-state index contributed by atoms with van der Waals surface area (Å²) in [4.78, 5) is 11.6. The van der Waals surface area contributed by atoms with Gasteiger partial charge in [0.2, 0.25) is 0 Å². The molecule has 0 radical (unpaired) electrons. The zero-order valence-corrected chi connectivity index (χ0v) is 17.7. The Labute approximate surface area is 176 Å². The molecule has 3 aromatic carbocycles. The lowest BCUT2D eigenvalue weighted by molar-refractivity contribution is -0.139. The van der Waals surface area contributed by atoms with Gasteiger partial charge in [0, 0.05) is 12.1 Å². The summed E-state index contributed by atoms with van der Waals surface area (Å²) in [5.74, 6) is 0.769. The van der Waals surface area contributed by atoms with Crippen molar-refractivity contribution in [3.8, 4) is 5.75 Å². The molecule has 0 saturated carbocycles. The van der Waals surface area contributed by atoms with Gasteiger partial charge in [-0.1, -0.05) is 54.6 Å². The summed E-state index contributed by atoms with van der Waals surface area (Å²) in [6, 6.07) is 19.8. The summed E-state index contributed by atoms with van der Waals surface area (Å²) < 4.78 is 6.19. The van der Waals surface area contributed by atoms with Crippen LogP contribution in [0.5, 0.6) is 5.75 Å². The molecule has 3 rings (SSSR count). The Morgan fingerprint density at radius 2 is 1.86 bits per heavy atom. The number of aliphatic carboxylic acids is 1. The van der Waals surface area contributed by atoms with Gasteiger partial charge in [-0.05, 0) is 53.3 Å². The minimum Gasteiger partial charge on any atom is -0.489 e. The smallest absolute Gasteiger partial charge is 0.320 e.